The van der Waals surface area contributed by atoms with Crippen molar-refractivity contribution < 1.29 is 28.6 Å². The van der Waals surface area contributed by atoms with E-state index in [2.05, 4.69) is 11.7 Å². The second-order valence-electron chi connectivity index (χ2n) is 7.02. The predicted molar refractivity (Wildman–Crippen MR) is 104 cm³/mol. The number of unbranched alkanes of at least 4 members (excludes halogenated alkanes) is 13. The molecule has 0 spiro atoms. The summed E-state index contributed by atoms with van der Waals surface area (Å²) < 4.78 is 14.0. The van der Waals surface area contributed by atoms with Gasteiger partial charge in [-0.3, -0.25) is 9.59 Å². The molecular formula is C21H38O6. The summed E-state index contributed by atoms with van der Waals surface area (Å²) in [4.78, 5) is 33.1. The Hall–Kier alpha value is -1.59. The minimum atomic E-state index is -1.95. The Morgan fingerprint density at radius 1 is 0.704 bits per heavy atom. The molecule has 0 saturated heterocycles. The molecule has 0 aromatic rings. The lowest BCUT2D eigenvalue weighted by Crippen LogP contribution is -2.45. The van der Waals surface area contributed by atoms with Gasteiger partial charge in [0.1, 0.15) is 0 Å². The molecule has 0 rings (SSSR count). The van der Waals surface area contributed by atoms with Gasteiger partial charge in [0.15, 0.2) is 0 Å². The van der Waals surface area contributed by atoms with Crippen LogP contribution in [-0.2, 0) is 28.6 Å². The number of ether oxygens (including phenoxy) is 3. The molecular weight excluding hydrogens is 348 g/mol. The molecule has 0 atom stereocenters. The highest BCUT2D eigenvalue weighted by atomic mass is 16.7. The van der Waals surface area contributed by atoms with E-state index < -0.39 is 11.8 Å². The fourth-order valence-corrected chi connectivity index (χ4v) is 3.21. The van der Waals surface area contributed by atoms with E-state index in [0.29, 0.717) is 6.42 Å². The van der Waals surface area contributed by atoms with E-state index in [1.165, 1.54) is 64.2 Å². The van der Waals surface area contributed by atoms with Crippen LogP contribution in [0.15, 0.2) is 0 Å². The first-order valence-electron chi connectivity index (χ1n) is 10.5. The molecule has 0 aromatic carbocycles. The maximum Gasteiger partial charge on any atom is 0.392 e. The van der Waals surface area contributed by atoms with Crippen molar-refractivity contribution in [3.05, 3.63) is 0 Å². The van der Waals surface area contributed by atoms with Crippen LogP contribution in [0.3, 0.4) is 0 Å². The van der Waals surface area contributed by atoms with Crippen molar-refractivity contribution in [3.8, 4) is 0 Å². The average molecular weight is 387 g/mol. The fourth-order valence-electron chi connectivity index (χ4n) is 3.21. The van der Waals surface area contributed by atoms with E-state index in [-0.39, 0.29) is 19.4 Å². The van der Waals surface area contributed by atoms with E-state index in [0.717, 1.165) is 26.4 Å². The van der Waals surface area contributed by atoms with E-state index in [9.17, 15) is 14.4 Å². The minimum Gasteiger partial charge on any atom is -0.463 e. The van der Waals surface area contributed by atoms with Gasteiger partial charge in [0, 0.05) is 6.42 Å². The van der Waals surface area contributed by atoms with Crippen molar-refractivity contribution in [3.63, 3.8) is 0 Å². The van der Waals surface area contributed by atoms with Crippen molar-refractivity contribution in [2.24, 2.45) is 0 Å². The molecule has 0 amide bonds. The predicted octanol–water partition coefficient (Wildman–Crippen LogP) is 5.07. The van der Waals surface area contributed by atoms with Crippen LogP contribution in [-0.4, -0.2) is 31.8 Å². The Morgan fingerprint density at radius 3 is 1.41 bits per heavy atom. The zero-order valence-corrected chi connectivity index (χ0v) is 17.2. The number of carbonyl (C=O) groups excluding carboxylic acids is 3. The van der Waals surface area contributed by atoms with Gasteiger partial charge in [0.2, 0.25) is 0 Å². The van der Waals surface area contributed by atoms with Crippen LogP contribution in [0.1, 0.15) is 103 Å². The van der Waals surface area contributed by atoms with Gasteiger partial charge < -0.3 is 14.2 Å². The van der Waals surface area contributed by atoms with Crippen LogP contribution in [0.2, 0.25) is 0 Å². The lowest BCUT2D eigenvalue weighted by atomic mass is 10.0. The third-order valence-corrected chi connectivity index (χ3v) is 4.83. The van der Waals surface area contributed by atoms with Gasteiger partial charge in [-0.05, 0) is 6.42 Å². The quantitative estimate of drug-likeness (QED) is 0.126. The Kier molecular flexibility index (Phi) is 16.8. The molecule has 0 heterocycles. The highest BCUT2D eigenvalue weighted by Gasteiger charge is 2.44. The molecule has 0 aliphatic heterocycles. The summed E-state index contributed by atoms with van der Waals surface area (Å²) in [6.07, 6.45) is 17.0. The molecule has 0 radical (unpaired) electrons. The second-order valence-corrected chi connectivity index (χ2v) is 7.02. The largest absolute Gasteiger partial charge is 0.463 e. The van der Waals surface area contributed by atoms with Crippen molar-refractivity contribution in [1.29, 1.82) is 0 Å². The number of rotatable bonds is 20. The van der Waals surface area contributed by atoms with Crippen LogP contribution in [0.25, 0.3) is 0 Å². The molecule has 0 fully saturated rings. The zero-order valence-electron chi connectivity index (χ0n) is 17.2. The van der Waals surface area contributed by atoms with Crippen molar-refractivity contribution in [1.82, 2.24) is 0 Å². The summed E-state index contributed by atoms with van der Waals surface area (Å²) in [7, 11) is 1.16. The summed E-state index contributed by atoms with van der Waals surface area (Å²) in [6.45, 7) is 2.45. The monoisotopic (exact) mass is 386 g/mol. The molecule has 6 heteroatoms. The number of carbonyl (C=O) groups is 3. The van der Waals surface area contributed by atoms with Crippen molar-refractivity contribution in [2.45, 2.75) is 109 Å². The van der Waals surface area contributed by atoms with Gasteiger partial charge in [-0.25, -0.2) is 4.79 Å². The van der Waals surface area contributed by atoms with Gasteiger partial charge in [0.25, 0.3) is 12.9 Å². The fraction of sp³-hybridized carbons (Fsp3) is 0.857. The molecule has 0 aromatic heterocycles. The Morgan fingerprint density at radius 2 is 1.07 bits per heavy atom. The normalized spacial score (nSPS) is 11.0. The van der Waals surface area contributed by atoms with Crippen LogP contribution in [0, 0.1) is 0 Å². The lowest BCUT2D eigenvalue weighted by Gasteiger charge is -2.26. The number of hydrogen-bond acceptors (Lipinski definition) is 6. The van der Waals surface area contributed by atoms with E-state index in [4.69, 9.17) is 9.47 Å². The highest BCUT2D eigenvalue weighted by Crippen LogP contribution is 2.23. The van der Waals surface area contributed by atoms with E-state index in [1.807, 2.05) is 0 Å². The average Bonchev–Trinajstić information content (AvgIpc) is 2.67. The van der Waals surface area contributed by atoms with Gasteiger partial charge >= 0.3 is 11.8 Å². The maximum absolute atomic E-state index is 11.8. The number of esters is 1. The summed E-state index contributed by atoms with van der Waals surface area (Å²) in [5, 5.41) is 0. The van der Waals surface area contributed by atoms with Crippen molar-refractivity contribution >= 4 is 18.9 Å². The van der Waals surface area contributed by atoms with Crippen molar-refractivity contribution in [2.75, 3.05) is 7.11 Å². The van der Waals surface area contributed by atoms with E-state index in [1.54, 1.807) is 0 Å². The van der Waals surface area contributed by atoms with Crippen LogP contribution in [0.5, 0.6) is 0 Å². The van der Waals surface area contributed by atoms with Gasteiger partial charge in [-0.1, -0.05) is 90.4 Å². The van der Waals surface area contributed by atoms with Gasteiger partial charge in [-0.2, -0.15) is 0 Å². The molecule has 27 heavy (non-hydrogen) atoms. The van der Waals surface area contributed by atoms with Crippen LogP contribution < -0.4 is 0 Å². The third kappa shape index (κ3) is 12.4. The zero-order chi connectivity index (χ0) is 20.2. The van der Waals surface area contributed by atoms with Crippen LogP contribution >= 0.6 is 0 Å². The molecule has 0 unspecified atom stereocenters. The Labute approximate surface area is 164 Å². The molecule has 6 nitrogen and oxygen atoms in total. The number of methoxy groups -OCH3 is 1. The standard InChI is InChI=1S/C21H38O6/c1-3-4-5-6-7-8-9-10-11-12-13-14-15-16-17-21(26-18-22,27-19-23)20(24)25-2/h18-19H,3-17H2,1-2H3. The Bertz CT molecular complexity index is 373. The summed E-state index contributed by atoms with van der Waals surface area (Å²) in [5.74, 6) is -2.83. The molecule has 0 aliphatic rings. The topological polar surface area (TPSA) is 78.9 Å². The molecule has 158 valence electrons. The molecule has 0 aliphatic carbocycles. The number of hydrogen-bond donors (Lipinski definition) is 0. The second kappa shape index (κ2) is 17.8. The summed E-state index contributed by atoms with van der Waals surface area (Å²) in [6, 6.07) is 0. The van der Waals surface area contributed by atoms with Gasteiger partial charge in [-0.15, -0.1) is 0 Å². The molecule has 0 saturated carbocycles. The maximum atomic E-state index is 11.8. The smallest absolute Gasteiger partial charge is 0.392 e. The lowest BCUT2D eigenvalue weighted by molar-refractivity contribution is -0.228. The first-order valence-corrected chi connectivity index (χ1v) is 10.5. The summed E-state index contributed by atoms with van der Waals surface area (Å²) >= 11 is 0. The summed E-state index contributed by atoms with van der Waals surface area (Å²) in [5.41, 5.74) is 0. The first kappa shape index (κ1) is 25.4. The van der Waals surface area contributed by atoms with E-state index >= 15 is 0 Å². The minimum absolute atomic E-state index is 0.101. The first-order chi connectivity index (χ1) is 13.2. The highest BCUT2D eigenvalue weighted by molar-refractivity contribution is 5.80. The van der Waals surface area contributed by atoms with Crippen LogP contribution in [0.4, 0.5) is 0 Å². The van der Waals surface area contributed by atoms with Gasteiger partial charge in [0.05, 0.1) is 7.11 Å². The SMILES string of the molecule is CCCCCCCCCCCCCCCCC(OC=O)(OC=O)C(=O)OC. The molecule has 0 N–H and O–H groups in total. The Balaban J connectivity index is 3.71. The molecule has 0 bridgehead atoms. The third-order valence-electron chi connectivity index (χ3n) is 4.83.